The Morgan fingerprint density at radius 1 is 1.58 bits per heavy atom. The molecule has 68 valence electrons. The first-order chi connectivity index (χ1) is 5.59. The van der Waals surface area contributed by atoms with E-state index in [1.807, 2.05) is 0 Å². The van der Waals surface area contributed by atoms with Crippen LogP contribution in [0.4, 0.5) is 0 Å². The molecule has 1 fully saturated rings. The highest BCUT2D eigenvalue weighted by Gasteiger charge is 2.36. The summed E-state index contributed by atoms with van der Waals surface area (Å²) in [5.74, 6) is 0.395. The summed E-state index contributed by atoms with van der Waals surface area (Å²) in [6.07, 6.45) is 1.47. The van der Waals surface area contributed by atoms with Gasteiger partial charge in [0.15, 0.2) is 0 Å². The zero-order valence-electron chi connectivity index (χ0n) is 7.87. The second kappa shape index (κ2) is 3.94. The summed E-state index contributed by atoms with van der Waals surface area (Å²) in [5, 5.41) is 0. The average molecular weight is 170 g/mol. The molecule has 0 radical (unpaired) electrons. The third kappa shape index (κ3) is 2.52. The third-order valence-corrected chi connectivity index (χ3v) is 1.92. The van der Waals surface area contributed by atoms with E-state index < -0.39 is 0 Å². The largest absolute Gasteiger partial charge is 0.527 e. The van der Waals surface area contributed by atoms with E-state index in [2.05, 4.69) is 13.8 Å². The number of hydrogen-bond acceptors (Lipinski definition) is 3. The fourth-order valence-corrected chi connectivity index (χ4v) is 1.13. The van der Waals surface area contributed by atoms with Gasteiger partial charge in [-0.2, -0.15) is 0 Å². The van der Waals surface area contributed by atoms with Gasteiger partial charge in [0.1, 0.15) is 6.10 Å². The Hall–Kier alpha value is -0.505. The highest BCUT2D eigenvalue weighted by Crippen LogP contribution is 2.16. The molecule has 0 spiro atoms. The van der Waals surface area contributed by atoms with Gasteiger partial charge in [-0.15, -0.1) is 0 Å². The van der Waals surface area contributed by atoms with Gasteiger partial charge in [0.2, 0.25) is 0 Å². The van der Waals surface area contributed by atoms with Crippen LogP contribution in [0.5, 0.6) is 0 Å². The fourth-order valence-electron chi connectivity index (χ4n) is 1.13. The van der Waals surface area contributed by atoms with Gasteiger partial charge in [-0.05, 0) is 19.2 Å². The number of carbonyl (C=O) groups excluding carboxylic acids is 1. The summed E-state index contributed by atoms with van der Waals surface area (Å²) in [6.45, 7) is 6.00. The van der Waals surface area contributed by atoms with Crippen molar-refractivity contribution in [2.75, 3.05) is 0 Å². The van der Waals surface area contributed by atoms with Crippen molar-refractivity contribution in [3.63, 3.8) is 0 Å². The lowest BCUT2D eigenvalue weighted by Crippen LogP contribution is -2.15. The van der Waals surface area contributed by atoms with E-state index in [-0.39, 0.29) is 19.2 Å². The fraction of sp³-hybridized carbons (Fsp3) is 0.875. The van der Waals surface area contributed by atoms with Crippen molar-refractivity contribution in [3.8, 4) is 0 Å². The zero-order chi connectivity index (χ0) is 9.14. The minimum absolute atomic E-state index is 0.233. The van der Waals surface area contributed by atoms with Crippen LogP contribution < -0.4 is 0 Å². The van der Waals surface area contributed by atoms with E-state index >= 15 is 0 Å². The van der Waals surface area contributed by atoms with E-state index in [1.54, 1.807) is 6.92 Å². The van der Waals surface area contributed by atoms with E-state index in [9.17, 15) is 4.79 Å². The third-order valence-electron chi connectivity index (χ3n) is 1.92. The molecule has 3 nitrogen and oxygen atoms in total. The minimum Gasteiger partial charge on any atom is -0.508 e. The van der Waals surface area contributed by atoms with Gasteiger partial charge in [0.25, 0.3) is 0 Å². The van der Waals surface area contributed by atoms with Gasteiger partial charge in [-0.25, -0.2) is 0 Å². The van der Waals surface area contributed by atoms with Crippen LogP contribution in [0, 0.1) is 5.92 Å². The molecule has 0 aromatic carbocycles. The van der Waals surface area contributed by atoms with E-state index in [0.717, 1.165) is 12.7 Å². The smallest absolute Gasteiger partial charge is 0.508 e. The average Bonchev–Trinajstić information content (AvgIpc) is 2.28. The number of hydrogen-bond donors (Lipinski definition) is 0. The maximum atomic E-state index is 10.9. The van der Waals surface area contributed by atoms with Crippen molar-refractivity contribution in [3.05, 3.63) is 0 Å². The molecule has 1 aliphatic heterocycles. The van der Waals surface area contributed by atoms with Gasteiger partial charge in [-0.3, -0.25) is 4.79 Å². The minimum atomic E-state index is -0.373. The summed E-state index contributed by atoms with van der Waals surface area (Å²) in [6, 6.07) is 0. The molecule has 1 unspecified atom stereocenters. The second-order valence-corrected chi connectivity index (χ2v) is 3.62. The van der Waals surface area contributed by atoms with E-state index in [1.165, 1.54) is 0 Å². The molecule has 0 aliphatic carbocycles. The maximum absolute atomic E-state index is 10.9. The Labute approximate surface area is 73.6 Å². The van der Waals surface area contributed by atoms with Crippen LogP contribution in [0.1, 0.15) is 27.2 Å². The van der Waals surface area contributed by atoms with Crippen LogP contribution in [0.25, 0.3) is 0 Å². The highest BCUT2D eigenvalue weighted by molar-refractivity contribution is 6.48. The van der Waals surface area contributed by atoms with Crippen LogP contribution in [-0.2, 0) is 14.1 Å². The monoisotopic (exact) mass is 170 g/mol. The predicted octanol–water partition coefficient (Wildman–Crippen LogP) is 1.48. The van der Waals surface area contributed by atoms with Crippen molar-refractivity contribution in [1.29, 1.82) is 0 Å². The standard InChI is InChI=1S/C8H15BO3/c1-6(2)4-5-9-11-7(3)8(10)12-9/h6-7H,4-5H2,1-3H3. The van der Waals surface area contributed by atoms with Crippen LogP contribution in [0.3, 0.4) is 0 Å². The molecule has 1 atom stereocenters. The van der Waals surface area contributed by atoms with Crippen molar-refractivity contribution in [1.82, 2.24) is 0 Å². The first-order valence-corrected chi connectivity index (χ1v) is 4.45. The van der Waals surface area contributed by atoms with Crippen LogP contribution in [0.15, 0.2) is 0 Å². The Balaban J connectivity index is 2.23. The van der Waals surface area contributed by atoms with Crippen molar-refractivity contribution >= 4 is 13.1 Å². The molecule has 1 aliphatic rings. The van der Waals surface area contributed by atoms with Crippen molar-refractivity contribution < 1.29 is 14.1 Å². The Kier molecular flexibility index (Phi) is 3.15. The van der Waals surface area contributed by atoms with Gasteiger partial charge >= 0.3 is 13.1 Å². The van der Waals surface area contributed by atoms with Crippen LogP contribution >= 0.6 is 0 Å². The van der Waals surface area contributed by atoms with Gasteiger partial charge in [0.05, 0.1) is 0 Å². The molecule has 0 aromatic rings. The SMILES string of the molecule is CC(C)CCB1OC(=O)C(C)O1. The molecule has 1 rings (SSSR count). The molecule has 0 N–H and O–H groups in total. The summed E-state index contributed by atoms with van der Waals surface area (Å²) in [5.41, 5.74) is 0. The van der Waals surface area contributed by atoms with E-state index in [4.69, 9.17) is 9.31 Å². The van der Waals surface area contributed by atoms with E-state index in [0.29, 0.717) is 5.92 Å². The molecule has 1 heterocycles. The highest BCUT2D eigenvalue weighted by atomic mass is 16.7. The summed E-state index contributed by atoms with van der Waals surface area (Å²) >= 11 is 0. The van der Waals surface area contributed by atoms with Crippen LogP contribution in [0.2, 0.25) is 6.32 Å². The summed E-state index contributed by atoms with van der Waals surface area (Å²) < 4.78 is 10.2. The molecule has 12 heavy (non-hydrogen) atoms. The van der Waals surface area contributed by atoms with Gasteiger partial charge in [0, 0.05) is 0 Å². The predicted molar refractivity (Wildman–Crippen MR) is 46.7 cm³/mol. The Morgan fingerprint density at radius 3 is 2.67 bits per heavy atom. The Morgan fingerprint density at radius 2 is 2.25 bits per heavy atom. The lowest BCUT2D eigenvalue weighted by molar-refractivity contribution is -0.135. The maximum Gasteiger partial charge on any atom is 0.527 e. The summed E-state index contributed by atoms with van der Waals surface area (Å²) in [4.78, 5) is 10.9. The molecule has 1 saturated heterocycles. The van der Waals surface area contributed by atoms with Crippen LogP contribution in [-0.4, -0.2) is 19.2 Å². The quantitative estimate of drug-likeness (QED) is 0.601. The molecular formula is C8H15BO3. The van der Waals surface area contributed by atoms with Gasteiger partial charge < -0.3 is 9.31 Å². The normalized spacial score (nSPS) is 23.5. The molecule has 0 aromatic heterocycles. The molecular weight excluding hydrogens is 155 g/mol. The van der Waals surface area contributed by atoms with Crippen molar-refractivity contribution in [2.45, 2.75) is 39.6 Å². The first-order valence-electron chi connectivity index (χ1n) is 4.45. The molecule has 0 amide bonds. The lowest BCUT2D eigenvalue weighted by Gasteiger charge is -2.05. The number of rotatable bonds is 3. The zero-order valence-corrected chi connectivity index (χ0v) is 7.87. The molecule has 0 saturated carbocycles. The lowest BCUT2D eigenvalue weighted by atomic mass is 9.81. The second-order valence-electron chi connectivity index (χ2n) is 3.62. The van der Waals surface area contributed by atoms with Gasteiger partial charge in [-0.1, -0.05) is 20.3 Å². The van der Waals surface area contributed by atoms with Crippen molar-refractivity contribution in [2.24, 2.45) is 5.92 Å². The topological polar surface area (TPSA) is 35.5 Å². The summed E-state index contributed by atoms with van der Waals surface area (Å²) in [7, 11) is -0.296. The first kappa shape index (κ1) is 9.58. The molecule has 4 heteroatoms. The Bertz CT molecular complexity index is 170. The molecule has 0 bridgehead atoms. The number of carbonyl (C=O) groups is 1.